The molecule has 0 fully saturated rings. The Kier molecular flexibility index (Phi) is 46.0. The number of esters is 3. The molecule has 0 amide bonds. The molecule has 0 aliphatic carbocycles. The van der Waals surface area contributed by atoms with Gasteiger partial charge in [0, 0.05) is 19.3 Å². The average molecular weight is 837 g/mol. The van der Waals surface area contributed by atoms with Gasteiger partial charge in [-0.05, 0) is 70.6 Å². The Morgan fingerprint density at radius 1 is 0.367 bits per heavy atom. The number of rotatable bonds is 44. The summed E-state index contributed by atoms with van der Waals surface area (Å²) in [4.78, 5) is 37.9. The second-order valence-electron chi connectivity index (χ2n) is 16.4. The number of allylic oxidation sites excluding steroid dienone is 12. The van der Waals surface area contributed by atoms with E-state index in [2.05, 4.69) is 93.7 Å². The third-order valence-electron chi connectivity index (χ3n) is 10.5. The van der Waals surface area contributed by atoms with Gasteiger partial charge in [-0.1, -0.05) is 216 Å². The highest BCUT2D eigenvalue weighted by Gasteiger charge is 2.19. The Hall–Kier alpha value is -3.15. The van der Waals surface area contributed by atoms with Crippen LogP contribution < -0.4 is 0 Å². The van der Waals surface area contributed by atoms with Crippen molar-refractivity contribution in [3.05, 3.63) is 72.9 Å². The molecule has 0 N–H and O–H groups in total. The van der Waals surface area contributed by atoms with E-state index in [4.69, 9.17) is 14.2 Å². The van der Waals surface area contributed by atoms with Crippen LogP contribution in [0.3, 0.4) is 0 Å². The molecular formula is C54H92O6. The molecule has 6 nitrogen and oxygen atoms in total. The maximum atomic E-state index is 12.7. The van der Waals surface area contributed by atoms with E-state index in [1.54, 1.807) is 0 Å². The number of carbonyl (C=O) groups excluding carboxylic acids is 3. The van der Waals surface area contributed by atoms with Gasteiger partial charge in [-0.3, -0.25) is 14.4 Å². The lowest BCUT2D eigenvalue weighted by molar-refractivity contribution is -0.167. The summed E-state index contributed by atoms with van der Waals surface area (Å²) in [6.07, 6.45) is 60.2. The Balaban J connectivity index is 4.42. The van der Waals surface area contributed by atoms with E-state index in [1.807, 2.05) is 0 Å². The molecule has 0 radical (unpaired) electrons. The Bertz CT molecular complexity index is 1140. The van der Waals surface area contributed by atoms with Crippen LogP contribution in [0.5, 0.6) is 0 Å². The van der Waals surface area contributed by atoms with Gasteiger partial charge >= 0.3 is 17.9 Å². The molecule has 0 saturated carbocycles. The van der Waals surface area contributed by atoms with E-state index in [-0.39, 0.29) is 31.1 Å². The summed E-state index contributed by atoms with van der Waals surface area (Å²) in [5.74, 6) is -0.927. The van der Waals surface area contributed by atoms with Gasteiger partial charge in [-0.15, -0.1) is 0 Å². The summed E-state index contributed by atoms with van der Waals surface area (Å²) in [7, 11) is 0. The third-order valence-corrected chi connectivity index (χ3v) is 10.5. The zero-order chi connectivity index (χ0) is 43.7. The molecule has 1 atom stereocenters. The molecule has 344 valence electrons. The molecule has 0 aromatic rings. The van der Waals surface area contributed by atoms with Crippen molar-refractivity contribution in [2.75, 3.05) is 13.2 Å². The van der Waals surface area contributed by atoms with E-state index >= 15 is 0 Å². The lowest BCUT2D eigenvalue weighted by Crippen LogP contribution is -2.30. The van der Waals surface area contributed by atoms with E-state index in [9.17, 15) is 14.4 Å². The second-order valence-corrected chi connectivity index (χ2v) is 16.4. The average Bonchev–Trinajstić information content (AvgIpc) is 3.24. The number of unbranched alkanes of at least 4 members (excludes halogenated alkanes) is 24. The van der Waals surface area contributed by atoms with Gasteiger partial charge in [0.1, 0.15) is 13.2 Å². The first-order valence-electron chi connectivity index (χ1n) is 25.0. The van der Waals surface area contributed by atoms with Crippen molar-refractivity contribution in [1.29, 1.82) is 0 Å². The van der Waals surface area contributed by atoms with E-state index < -0.39 is 6.10 Å². The van der Waals surface area contributed by atoms with Crippen molar-refractivity contribution in [3.63, 3.8) is 0 Å². The molecule has 0 bridgehead atoms. The third kappa shape index (κ3) is 45.9. The summed E-state index contributed by atoms with van der Waals surface area (Å²) in [5.41, 5.74) is 0. The molecule has 0 rings (SSSR count). The first kappa shape index (κ1) is 56.9. The molecule has 0 saturated heterocycles. The van der Waals surface area contributed by atoms with Crippen molar-refractivity contribution in [2.24, 2.45) is 0 Å². The Morgan fingerprint density at radius 2 is 0.717 bits per heavy atom. The minimum Gasteiger partial charge on any atom is -0.462 e. The van der Waals surface area contributed by atoms with Crippen molar-refractivity contribution in [2.45, 2.75) is 239 Å². The highest BCUT2D eigenvalue weighted by molar-refractivity contribution is 5.71. The SMILES string of the molecule is CC/C=C\C/C=C\CCCCCCCC(=O)OC(COC(=O)CCCCCCC\C=C/C=C\C=C/C=C\CCCCC)COC(=O)CCCCCCCCCCCCCC. The predicted octanol–water partition coefficient (Wildman–Crippen LogP) is 16.3. The van der Waals surface area contributed by atoms with E-state index in [0.717, 1.165) is 116 Å². The summed E-state index contributed by atoms with van der Waals surface area (Å²) in [5, 5.41) is 0. The zero-order valence-corrected chi connectivity index (χ0v) is 39.2. The summed E-state index contributed by atoms with van der Waals surface area (Å²) < 4.78 is 16.7. The van der Waals surface area contributed by atoms with Crippen LogP contribution in [0.15, 0.2) is 72.9 Å². The quantitative estimate of drug-likeness (QED) is 0.0200. The van der Waals surface area contributed by atoms with Gasteiger partial charge in [-0.2, -0.15) is 0 Å². The fourth-order valence-corrected chi connectivity index (χ4v) is 6.79. The molecule has 0 aliphatic rings. The molecule has 0 aromatic heterocycles. The molecule has 0 aliphatic heterocycles. The van der Waals surface area contributed by atoms with Crippen molar-refractivity contribution in [3.8, 4) is 0 Å². The topological polar surface area (TPSA) is 78.9 Å². The van der Waals surface area contributed by atoms with Gasteiger partial charge < -0.3 is 14.2 Å². The van der Waals surface area contributed by atoms with E-state index in [0.29, 0.717) is 19.3 Å². The molecular weight excluding hydrogens is 745 g/mol. The lowest BCUT2D eigenvalue weighted by Gasteiger charge is -2.18. The lowest BCUT2D eigenvalue weighted by atomic mass is 10.0. The fraction of sp³-hybridized carbons (Fsp3) is 0.722. The van der Waals surface area contributed by atoms with Gasteiger partial charge in [-0.25, -0.2) is 0 Å². The second kappa shape index (κ2) is 48.5. The molecule has 0 aromatic carbocycles. The number of ether oxygens (including phenoxy) is 3. The first-order chi connectivity index (χ1) is 29.5. The minimum atomic E-state index is -0.789. The summed E-state index contributed by atoms with van der Waals surface area (Å²) >= 11 is 0. The van der Waals surface area contributed by atoms with Crippen LogP contribution in [0.2, 0.25) is 0 Å². The number of hydrogen-bond acceptors (Lipinski definition) is 6. The largest absolute Gasteiger partial charge is 0.462 e. The molecule has 0 heterocycles. The maximum absolute atomic E-state index is 12.7. The van der Waals surface area contributed by atoms with Crippen molar-refractivity contribution < 1.29 is 28.6 Å². The van der Waals surface area contributed by atoms with Crippen LogP contribution in [-0.2, 0) is 28.6 Å². The van der Waals surface area contributed by atoms with Gasteiger partial charge in [0.15, 0.2) is 6.10 Å². The smallest absolute Gasteiger partial charge is 0.306 e. The summed E-state index contributed by atoms with van der Waals surface area (Å²) in [6, 6.07) is 0. The van der Waals surface area contributed by atoms with Crippen LogP contribution in [0.25, 0.3) is 0 Å². The van der Waals surface area contributed by atoms with Crippen LogP contribution in [0.1, 0.15) is 233 Å². The highest BCUT2D eigenvalue weighted by Crippen LogP contribution is 2.14. The van der Waals surface area contributed by atoms with Crippen LogP contribution in [0.4, 0.5) is 0 Å². The molecule has 60 heavy (non-hydrogen) atoms. The molecule has 1 unspecified atom stereocenters. The predicted molar refractivity (Wildman–Crippen MR) is 256 cm³/mol. The Labute approximate surface area is 370 Å². The summed E-state index contributed by atoms with van der Waals surface area (Å²) in [6.45, 7) is 6.45. The monoisotopic (exact) mass is 837 g/mol. The standard InChI is InChI=1S/C54H92O6/c1-4-7-10-13-16-19-22-25-26-27-28-29-30-33-35-38-41-44-47-53(56)59-50-51(60-54(57)48-45-42-39-36-32-24-21-18-15-12-9-6-3)49-58-52(55)46-43-40-37-34-31-23-20-17-14-11-8-5-2/h9,12,16,18-19,21-22,25-29,51H,4-8,10-11,13-15,17,20,23-24,30-50H2,1-3H3/b12-9-,19-16-,21-18-,25-22-,27-26-,29-28-. The fourth-order valence-electron chi connectivity index (χ4n) is 6.79. The van der Waals surface area contributed by atoms with Crippen molar-refractivity contribution >= 4 is 17.9 Å². The van der Waals surface area contributed by atoms with Gasteiger partial charge in [0.25, 0.3) is 0 Å². The Morgan fingerprint density at radius 3 is 1.18 bits per heavy atom. The van der Waals surface area contributed by atoms with Crippen LogP contribution >= 0.6 is 0 Å². The van der Waals surface area contributed by atoms with Gasteiger partial charge in [0.2, 0.25) is 0 Å². The zero-order valence-electron chi connectivity index (χ0n) is 39.2. The van der Waals surface area contributed by atoms with E-state index in [1.165, 1.54) is 77.0 Å². The highest BCUT2D eigenvalue weighted by atomic mass is 16.6. The molecule has 0 spiro atoms. The van der Waals surface area contributed by atoms with Crippen LogP contribution in [0, 0.1) is 0 Å². The number of hydrogen-bond donors (Lipinski definition) is 0. The molecule has 6 heteroatoms. The van der Waals surface area contributed by atoms with Gasteiger partial charge in [0.05, 0.1) is 0 Å². The van der Waals surface area contributed by atoms with Crippen LogP contribution in [-0.4, -0.2) is 37.2 Å². The minimum absolute atomic E-state index is 0.0880. The number of carbonyl (C=O) groups is 3. The van der Waals surface area contributed by atoms with Crippen molar-refractivity contribution in [1.82, 2.24) is 0 Å². The maximum Gasteiger partial charge on any atom is 0.306 e. The first-order valence-corrected chi connectivity index (χ1v) is 25.0. The normalized spacial score (nSPS) is 12.7.